The molecule has 0 aliphatic rings. The number of benzene rings is 2. The molecule has 1 amide bonds. The summed E-state index contributed by atoms with van der Waals surface area (Å²) in [4.78, 5) is 21.6. The Balaban J connectivity index is 1.44. The van der Waals surface area contributed by atoms with Crippen LogP contribution >= 0.6 is 23.1 Å². The average Bonchev–Trinajstić information content (AvgIpc) is 3.29. The minimum Gasteiger partial charge on any atom is -0.325 e. The van der Waals surface area contributed by atoms with Crippen molar-refractivity contribution in [1.82, 2.24) is 14.5 Å². The Morgan fingerprint density at radius 3 is 2.82 bits per heavy atom. The number of nitrogens with zero attached hydrogens (tertiary/aromatic N) is 3. The number of hydrogen-bond donors (Lipinski definition) is 1. The van der Waals surface area contributed by atoms with Crippen molar-refractivity contribution in [2.75, 3.05) is 11.1 Å². The SMILES string of the molecule is CCn1c(SCC(=O)Nc2cccc(-c3csc(C)n3)c2)nc2ccccc21. The highest BCUT2D eigenvalue weighted by molar-refractivity contribution is 7.99. The van der Waals surface area contributed by atoms with E-state index in [-0.39, 0.29) is 5.91 Å². The monoisotopic (exact) mass is 408 g/mol. The lowest BCUT2D eigenvalue weighted by molar-refractivity contribution is -0.113. The molecule has 28 heavy (non-hydrogen) atoms. The van der Waals surface area contributed by atoms with E-state index in [1.165, 1.54) is 11.8 Å². The smallest absolute Gasteiger partial charge is 0.234 e. The molecule has 2 heterocycles. The molecule has 0 spiro atoms. The van der Waals surface area contributed by atoms with Crippen LogP contribution in [0.25, 0.3) is 22.3 Å². The summed E-state index contributed by atoms with van der Waals surface area (Å²) in [6.07, 6.45) is 0. The zero-order valence-corrected chi connectivity index (χ0v) is 17.3. The van der Waals surface area contributed by atoms with Crippen molar-refractivity contribution in [1.29, 1.82) is 0 Å². The summed E-state index contributed by atoms with van der Waals surface area (Å²) in [6, 6.07) is 15.8. The van der Waals surface area contributed by atoms with E-state index in [4.69, 9.17) is 0 Å². The molecule has 0 saturated heterocycles. The Morgan fingerprint density at radius 1 is 1.18 bits per heavy atom. The molecule has 0 radical (unpaired) electrons. The van der Waals surface area contributed by atoms with Gasteiger partial charge in [0.05, 0.1) is 27.5 Å². The van der Waals surface area contributed by atoms with Crippen LogP contribution in [0.1, 0.15) is 11.9 Å². The molecule has 142 valence electrons. The molecule has 4 rings (SSSR count). The van der Waals surface area contributed by atoms with E-state index in [2.05, 4.69) is 32.8 Å². The number of anilines is 1. The van der Waals surface area contributed by atoms with Gasteiger partial charge in [-0.15, -0.1) is 11.3 Å². The van der Waals surface area contributed by atoms with Crippen LogP contribution in [0, 0.1) is 6.92 Å². The molecule has 0 fully saturated rings. The number of carbonyl (C=O) groups is 1. The van der Waals surface area contributed by atoms with E-state index in [0.717, 1.165) is 44.7 Å². The van der Waals surface area contributed by atoms with Gasteiger partial charge in [-0.1, -0.05) is 36.0 Å². The van der Waals surface area contributed by atoms with E-state index in [0.29, 0.717) is 5.75 Å². The summed E-state index contributed by atoms with van der Waals surface area (Å²) in [7, 11) is 0. The Kier molecular flexibility index (Phi) is 5.45. The molecule has 2 aromatic heterocycles. The first kappa shape index (κ1) is 18.7. The van der Waals surface area contributed by atoms with Gasteiger partial charge < -0.3 is 9.88 Å². The largest absolute Gasteiger partial charge is 0.325 e. The van der Waals surface area contributed by atoms with E-state index in [1.54, 1.807) is 11.3 Å². The van der Waals surface area contributed by atoms with E-state index in [9.17, 15) is 4.79 Å². The quantitative estimate of drug-likeness (QED) is 0.445. The molecule has 0 unspecified atom stereocenters. The van der Waals surface area contributed by atoms with Gasteiger partial charge in [-0.25, -0.2) is 9.97 Å². The maximum Gasteiger partial charge on any atom is 0.234 e. The van der Waals surface area contributed by atoms with Gasteiger partial charge in [0.2, 0.25) is 5.91 Å². The lowest BCUT2D eigenvalue weighted by Gasteiger charge is -2.08. The molecule has 0 aliphatic heterocycles. The topological polar surface area (TPSA) is 59.8 Å². The van der Waals surface area contributed by atoms with Crippen molar-refractivity contribution in [2.24, 2.45) is 0 Å². The molecule has 7 heteroatoms. The Morgan fingerprint density at radius 2 is 2.04 bits per heavy atom. The number of amides is 1. The number of thioether (sulfide) groups is 1. The van der Waals surface area contributed by atoms with Crippen molar-refractivity contribution in [3.05, 3.63) is 58.9 Å². The second-order valence-corrected chi connectivity index (χ2v) is 8.30. The summed E-state index contributed by atoms with van der Waals surface area (Å²) in [5.41, 5.74) is 4.77. The molecule has 4 aromatic rings. The molecule has 0 atom stereocenters. The highest BCUT2D eigenvalue weighted by atomic mass is 32.2. The maximum absolute atomic E-state index is 12.5. The van der Waals surface area contributed by atoms with Gasteiger partial charge in [0.25, 0.3) is 0 Å². The minimum atomic E-state index is -0.0497. The fourth-order valence-corrected chi connectivity index (χ4v) is 4.55. The average molecular weight is 409 g/mol. The third kappa shape index (κ3) is 3.95. The summed E-state index contributed by atoms with van der Waals surface area (Å²) in [5.74, 6) is 0.259. The number of imidazole rings is 1. The highest BCUT2D eigenvalue weighted by Crippen LogP contribution is 2.26. The van der Waals surface area contributed by atoms with Gasteiger partial charge in [-0.3, -0.25) is 4.79 Å². The van der Waals surface area contributed by atoms with Crippen molar-refractivity contribution >= 4 is 45.7 Å². The zero-order chi connectivity index (χ0) is 19.5. The van der Waals surface area contributed by atoms with Gasteiger partial charge in [0, 0.05) is 23.2 Å². The summed E-state index contributed by atoms with van der Waals surface area (Å²) in [5, 5.41) is 6.90. The third-order valence-electron chi connectivity index (χ3n) is 4.33. The first-order valence-corrected chi connectivity index (χ1v) is 10.9. The van der Waals surface area contributed by atoms with Crippen molar-refractivity contribution < 1.29 is 4.79 Å². The molecule has 0 aliphatic carbocycles. The number of para-hydroxylation sites is 2. The summed E-state index contributed by atoms with van der Waals surface area (Å²) in [6.45, 7) is 4.89. The second kappa shape index (κ2) is 8.16. The number of carbonyl (C=O) groups excluding carboxylic acids is 1. The fraction of sp³-hybridized carbons (Fsp3) is 0.190. The van der Waals surface area contributed by atoms with Crippen LogP contribution in [-0.4, -0.2) is 26.2 Å². The highest BCUT2D eigenvalue weighted by Gasteiger charge is 2.12. The standard InChI is InChI=1S/C21H20N4OS2/c1-3-25-19-10-5-4-9-17(19)24-21(25)28-13-20(26)23-16-8-6-7-15(11-16)18-12-27-14(2)22-18/h4-12H,3,13H2,1-2H3,(H,23,26). The van der Waals surface area contributed by atoms with Crippen LogP contribution in [0.4, 0.5) is 5.69 Å². The second-order valence-electron chi connectivity index (χ2n) is 6.30. The van der Waals surface area contributed by atoms with Crippen LogP contribution in [0.3, 0.4) is 0 Å². The molecule has 0 bridgehead atoms. The predicted molar refractivity (Wildman–Crippen MR) is 117 cm³/mol. The first-order valence-electron chi connectivity index (χ1n) is 9.04. The number of hydrogen-bond acceptors (Lipinski definition) is 5. The molecule has 1 N–H and O–H groups in total. The van der Waals surface area contributed by atoms with Gasteiger partial charge in [0.1, 0.15) is 0 Å². The van der Waals surface area contributed by atoms with Crippen LogP contribution in [0.15, 0.2) is 59.1 Å². The fourth-order valence-electron chi connectivity index (χ4n) is 3.05. The molecular weight excluding hydrogens is 388 g/mol. The number of fused-ring (bicyclic) bond motifs is 1. The van der Waals surface area contributed by atoms with Crippen molar-refractivity contribution in [3.63, 3.8) is 0 Å². The first-order chi connectivity index (χ1) is 13.6. The minimum absolute atomic E-state index is 0.0497. The molecule has 0 saturated carbocycles. The van der Waals surface area contributed by atoms with Gasteiger partial charge in [-0.2, -0.15) is 0 Å². The third-order valence-corrected chi connectivity index (χ3v) is 6.08. The predicted octanol–water partition coefficient (Wildman–Crippen LogP) is 5.22. The number of aromatic nitrogens is 3. The maximum atomic E-state index is 12.5. The van der Waals surface area contributed by atoms with Gasteiger partial charge in [-0.05, 0) is 38.1 Å². The Hall–Kier alpha value is -2.64. The summed E-state index contributed by atoms with van der Waals surface area (Å²) >= 11 is 3.08. The van der Waals surface area contributed by atoms with E-state index in [1.807, 2.05) is 54.8 Å². The van der Waals surface area contributed by atoms with Crippen molar-refractivity contribution in [3.8, 4) is 11.3 Å². The molecular formula is C21H20N4OS2. The van der Waals surface area contributed by atoms with Gasteiger partial charge in [0.15, 0.2) is 5.16 Å². The van der Waals surface area contributed by atoms with Crippen molar-refractivity contribution in [2.45, 2.75) is 25.5 Å². The van der Waals surface area contributed by atoms with Crippen LogP contribution < -0.4 is 5.32 Å². The number of rotatable bonds is 6. The molecule has 5 nitrogen and oxygen atoms in total. The van der Waals surface area contributed by atoms with Crippen LogP contribution in [0.5, 0.6) is 0 Å². The lowest BCUT2D eigenvalue weighted by atomic mass is 10.1. The number of nitrogens with one attached hydrogen (secondary N) is 1. The van der Waals surface area contributed by atoms with E-state index >= 15 is 0 Å². The number of thiazole rings is 1. The van der Waals surface area contributed by atoms with Crippen LogP contribution in [-0.2, 0) is 11.3 Å². The van der Waals surface area contributed by atoms with Crippen LogP contribution in [0.2, 0.25) is 0 Å². The Labute approximate surface area is 171 Å². The lowest BCUT2D eigenvalue weighted by Crippen LogP contribution is -2.14. The van der Waals surface area contributed by atoms with E-state index < -0.39 is 0 Å². The zero-order valence-electron chi connectivity index (χ0n) is 15.7. The normalized spacial score (nSPS) is 11.1. The Bertz CT molecular complexity index is 1130. The number of aryl methyl sites for hydroxylation is 2. The molecule has 2 aromatic carbocycles. The van der Waals surface area contributed by atoms with Gasteiger partial charge >= 0.3 is 0 Å². The summed E-state index contributed by atoms with van der Waals surface area (Å²) < 4.78 is 2.14.